The monoisotopic (exact) mass is 319 g/mol. The van der Waals surface area contributed by atoms with Gasteiger partial charge in [-0.25, -0.2) is 21.9 Å². The molecule has 0 unspecified atom stereocenters. The first kappa shape index (κ1) is 17.5. The van der Waals surface area contributed by atoms with Crippen molar-refractivity contribution in [1.29, 1.82) is 0 Å². The van der Waals surface area contributed by atoms with Gasteiger partial charge in [-0.2, -0.15) is 0 Å². The summed E-state index contributed by atoms with van der Waals surface area (Å²) in [5.74, 6) is -2.24. The van der Waals surface area contributed by atoms with Crippen molar-refractivity contribution in [1.82, 2.24) is 4.31 Å². The highest BCUT2D eigenvalue weighted by molar-refractivity contribution is 7.89. The molecule has 21 heavy (non-hydrogen) atoms. The van der Waals surface area contributed by atoms with E-state index >= 15 is 0 Å². The van der Waals surface area contributed by atoms with Crippen molar-refractivity contribution >= 4 is 16.0 Å². The molecular formula is C13H18FNO5S. The second-order valence-corrected chi connectivity index (χ2v) is 6.57. The Hall–Kier alpha value is -1.51. The molecule has 118 valence electrons. The third-order valence-electron chi connectivity index (χ3n) is 3.05. The van der Waals surface area contributed by atoms with Crippen LogP contribution >= 0.6 is 0 Å². The average Bonchev–Trinajstić information content (AvgIpc) is 2.41. The predicted octanol–water partition coefficient (Wildman–Crippen LogP) is 1.49. The number of methoxy groups -OCH3 is 1. The molecule has 0 saturated heterocycles. The van der Waals surface area contributed by atoms with Gasteiger partial charge in [-0.15, -0.1) is 0 Å². The molecule has 0 amide bonds. The van der Waals surface area contributed by atoms with E-state index in [1.165, 1.54) is 21.1 Å². The second kappa shape index (κ2) is 6.97. The van der Waals surface area contributed by atoms with E-state index < -0.39 is 27.4 Å². The fraction of sp³-hybridized carbons (Fsp3) is 0.462. The Labute approximate surface area is 123 Å². The van der Waals surface area contributed by atoms with Crippen LogP contribution < -0.4 is 0 Å². The lowest BCUT2D eigenvalue weighted by atomic mass is 10.1. The van der Waals surface area contributed by atoms with Gasteiger partial charge >= 0.3 is 5.97 Å². The minimum atomic E-state index is -3.95. The molecule has 8 heteroatoms. The smallest absolute Gasteiger partial charge is 0.335 e. The number of nitrogens with zero attached hydrogens (tertiary/aromatic N) is 1. The predicted molar refractivity (Wildman–Crippen MR) is 74.4 cm³/mol. The Kier molecular flexibility index (Phi) is 5.82. The number of sulfonamides is 1. The van der Waals surface area contributed by atoms with Crippen LogP contribution in [0.4, 0.5) is 4.39 Å². The van der Waals surface area contributed by atoms with Gasteiger partial charge in [0.15, 0.2) is 0 Å². The van der Waals surface area contributed by atoms with Gasteiger partial charge in [0, 0.05) is 32.9 Å². The lowest BCUT2D eigenvalue weighted by Crippen LogP contribution is -2.29. The normalized spacial score (nSPS) is 11.9. The molecule has 0 bridgehead atoms. The third kappa shape index (κ3) is 3.99. The first-order chi connectivity index (χ1) is 9.71. The van der Waals surface area contributed by atoms with Gasteiger partial charge in [0.05, 0.1) is 10.5 Å². The maximum atomic E-state index is 13.7. The van der Waals surface area contributed by atoms with Crippen LogP contribution in [0.5, 0.6) is 0 Å². The van der Waals surface area contributed by atoms with Crippen LogP contribution in [0.25, 0.3) is 0 Å². The number of benzene rings is 1. The van der Waals surface area contributed by atoms with E-state index in [1.54, 1.807) is 0 Å². The SMILES string of the molecule is COCCCN(C)S(=O)(=O)c1cc(C(=O)O)cc(F)c1C. The van der Waals surface area contributed by atoms with E-state index in [0.717, 1.165) is 16.4 Å². The molecule has 0 radical (unpaired) electrons. The van der Waals surface area contributed by atoms with Gasteiger partial charge in [0.25, 0.3) is 0 Å². The van der Waals surface area contributed by atoms with Crippen LogP contribution in [0.15, 0.2) is 17.0 Å². The van der Waals surface area contributed by atoms with Crippen LogP contribution in [0, 0.1) is 12.7 Å². The number of carbonyl (C=O) groups is 1. The highest BCUT2D eigenvalue weighted by atomic mass is 32.2. The summed E-state index contributed by atoms with van der Waals surface area (Å²) in [6.07, 6.45) is 0.479. The zero-order valence-corrected chi connectivity index (χ0v) is 12.9. The molecule has 1 aromatic carbocycles. The van der Waals surface area contributed by atoms with Gasteiger partial charge in [0.1, 0.15) is 5.82 Å². The number of halogens is 1. The van der Waals surface area contributed by atoms with Crippen LogP contribution in [-0.2, 0) is 14.8 Å². The van der Waals surface area contributed by atoms with Crippen molar-refractivity contribution < 1.29 is 27.4 Å². The quantitative estimate of drug-likeness (QED) is 0.770. The highest BCUT2D eigenvalue weighted by Gasteiger charge is 2.25. The van der Waals surface area contributed by atoms with Gasteiger partial charge in [-0.1, -0.05) is 0 Å². The molecule has 0 heterocycles. The minimum Gasteiger partial charge on any atom is -0.478 e. The number of aromatic carboxylic acids is 1. The van der Waals surface area contributed by atoms with Crippen LogP contribution in [0.1, 0.15) is 22.3 Å². The Morgan fingerprint density at radius 1 is 1.43 bits per heavy atom. The zero-order valence-electron chi connectivity index (χ0n) is 12.1. The van der Waals surface area contributed by atoms with E-state index in [1.807, 2.05) is 0 Å². The fourth-order valence-corrected chi connectivity index (χ4v) is 3.23. The number of hydrogen-bond acceptors (Lipinski definition) is 4. The number of hydrogen-bond donors (Lipinski definition) is 1. The Morgan fingerprint density at radius 3 is 2.57 bits per heavy atom. The topological polar surface area (TPSA) is 83.9 Å². The summed E-state index contributed by atoms with van der Waals surface area (Å²) in [6.45, 7) is 1.88. The standard InChI is InChI=1S/C13H18FNO5S/c1-9-11(14)7-10(13(16)17)8-12(9)21(18,19)15(2)5-4-6-20-3/h7-8H,4-6H2,1-3H3,(H,16,17). The molecule has 0 atom stereocenters. The summed E-state index contributed by atoms with van der Waals surface area (Å²) in [6, 6.07) is 1.78. The fourth-order valence-electron chi connectivity index (χ4n) is 1.76. The van der Waals surface area contributed by atoms with Crippen LogP contribution in [0.3, 0.4) is 0 Å². The molecule has 0 spiro atoms. The molecule has 1 aromatic rings. The van der Waals surface area contributed by atoms with Gasteiger partial charge in [-0.3, -0.25) is 0 Å². The molecule has 0 saturated carbocycles. The maximum absolute atomic E-state index is 13.7. The van der Waals surface area contributed by atoms with Crippen molar-refractivity contribution in [3.05, 3.63) is 29.1 Å². The molecule has 1 N–H and O–H groups in total. The number of carboxylic acid groups (broad SMARTS) is 1. The molecule has 0 aliphatic rings. The van der Waals surface area contributed by atoms with Gasteiger partial charge in [0.2, 0.25) is 10.0 Å². The zero-order chi connectivity index (χ0) is 16.2. The molecular weight excluding hydrogens is 301 g/mol. The highest BCUT2D eigenvalue weighted by Crippen LogP contribution is 2.23. The molecule has 0 aliphatic carbocycles. The number of ether oxygens (including phenoxy) is 1. The van der Waals surface area contributed by atoms with Crippen molar-refractivity contribution in [3.63, 3.8) is 0 Å². The van der Waals surface area contributed by atoms with E-state index in [9.17, 15) is 17.6 Å². The van der Waals surface area contributed by atoms with Gasteiger partial charge < -0.3 is 9.84 Å². The molecule has 6 nitrogen and oxygen atoms in total. The van der Waals surface area contributed by atoms with Crippen molar-refractivity contribution in [2.45, 2.75) is 18.2 Å². The van der Waals surface area contributed by atoms with E-state index in [4.69, 9.17) is 9.84 Å². The van der Waals surface area contributed by atoms with E-state index in [0.29, 0.717) is 13.0 Å². The minimum absolute atomic E-state index is 0.0985. The van der Waals surface area contributed by atoms with Crippen molar-refractivity contribution in [2.75, 3.05) is 27.3 Å². The van der Waals surface area contributed by atoms with Crippen LogP contribution in [0.2, 0.25) is 0 Å². The second-order valence-electron chi connectivity index (χ2n) is 4.56. The summed E-state index contributed by atoms with van der Waals surface area (Å²) < 4.78 is 44.4. The Bertz CT molecular complexity index is 630. The largest absolute Gasteiger partial charge is 0.478 e. The first-order valence-corrected chi connectivity index (χ1v) is 7.64. The van der Waals surface area contributed by atoms with E-state index in [2.05, 4.69) is 0 Å². The first-order valence-electron chi connectivity index (χ1n) is 6.20. The summed E-state index contributed by atoms with van der Waals surface area (Å²) in [4.78, 5) is 10.6. The Morgan fingerprint density at radius 2 is 2.05 bits per heavy atom. The number of rotatable bonds is 7. The lowest BCUT2D eigenvalue weighted by molar-refractivity contribution is 0.0696. The lowest BCUT2D eigenvalue weighted by Gasteiger charge is -2.19. The maximum Gasteiger partial charge on any atom is 0.335 e. The molecule has 0 fully saturated rings. The number of carboxylic acids is 1. The van der Waals surface area contributed by atoms with Crippen LogP contribution in [-0.4, -0.2) is 51.1 Å². The van der Waals surface area contributed by atoms with Crippen molar-refractivity contribution in [2.24, 2.45) is 0 Å². The summed E-state index contributed by atoms with van der Waals surface area (Å²) in [5, 5.41) is 8.91. The summed E-state index contributed by atoms with van der Waals surface area (Å²) in [7, 11) is -1.09. The molecule has 0 aromatic heterocycles. The van der Waals surface area contributed by atoms with Crippen molar-refractivity contribution in [3.8, 4) is 0 Å². The summed E-state index contributed by atoms with van der Waals surface area (Å²) in [5.41, 5.74) is -0.499. The average molecular weight is 319 g/mol. The Balaban J connectivity index is 3.21. The third-order valence-corrected chi connectivity index (χ3v) is 5.04. The van der Waals surface area contributed by atoms with Gasteiger partial charge in [-0.05, 0) is 25.5 Å². The molecule has 0 aliphatic heterocycles. The summed E-state index contributed by atoms with van der Waals surface area (Å²) >= 11 is 0. The molecule has 1 rings (SSSR count). The van der Waals surface area contributed by atoms with E-state index in [-0.39, 0.29) is 17.0 Å².